The standard InChI is InChI=1S/C25H19F3N4OS/c1-32-13-21(25(26,27)28)30-24(32)16-9-7-15(8-10-16)11-17-14-34-20-12-29-23(31-22(17)20)18-5-3-4-6-19(18)33-2/h3-10,12-14H,11H2,1-2H3. The van der Waals surface area contributed by atoms with E-state index in [9.17, 15) is 13.2 Å². The molecular weight excluding hydrogens is 461 g/mol. The fourth-order valence-corrected chi connectivity index (χ4v) is 4.69. The predicted octanol–water partition coefficient (Wildman–Crippen LogP) is 6.38. The monoisotopic (exact) mass is 480 g/mol. The van der Waals surface area contributed by atoms with Crippen LogP contribution in [0.1, 0.15) is 16.8 Å². The molecule has 5 aromatic rings. The van der Waals surface area contributed by atoms with Gasteiger partial charge in [0.2, 0.25) is 0 Å². The molecule has 34 heavy (non-hydrogen) atoms. The first-order valence-electron chi connectivity index (χ1n) is 10.4. The van der Waals surface area contributed by atoms with Gasteiger partial charge in [-0.2, -0.15) is 13.2 Å². The minimum atomic E-state index is -4.47. The zero-order valence-corrected chi connectivity index (χ0v) is 19.1. The van der Waals surface area contributed by atoms with Gasteiger partial charge in [0.15, 0.2) is 11.5 Å². The number of nitrogens with zero attached hydrogens (tertiary/aromatic N) is 4. The number of para-hydroxylation sites is 1. The normalized spacial score (nSPS) is 11.8. The molecule has 0 bridgehead atoms. The Kier molecular flexibility index (Phi) is 5.57. The van der Waals surface area contributed by atoms with Gasteiger partial charge in [0.25, 0.3) is 0 Å². The molecule has 0 unspecified atom stereocenters. The summed E-state index contributed by atoms with van der Waals surface area (Å²) in [5.41, 5.74) is 3.50. The first-order valence-corrected chi connectivity index (χ1v) is 11.3. The molecule has 0 saturated carbocycles. The molecular formula is C25H19F3N4OS. The minimum absolute atomic E-state index is 0.272. The SMILES string of the molecule is COc1ccccc1-c1ncc2scc(Cc3ccc(-c4nc(C(F)(F)F)cn4C)cc3)c2n1. The van der Waals surface area contributed by atoms with Crippen molar-refractivity contribution in [3.05, 3.63) is 83.1 Å². The number of thiophene rings is 1. The van der Waals surface area contributed by atoms with Crippen LogP contribution in [0.4, 0.5) is 13.2 Å². The molecule has 5 rings (SSSR count). The molecule has 2 aromatic carbocycles. The Morgan fingerprint density at radius 2 is 1.79 bits per heavy atom. The van der Waals surface area contributed by atoms with Crippen LogP contribution in [0, 0.1) is 0 Å². The van der Waals surface area contributed by atoms with Crippen molar-refractivity contribution in [1.82, 2.24) is 19.5 Å². The van der Waals surface area contributed by atoms with Crippen molar-refractivity contribution in [2.75, 3.05) is 7.11 Å². The number of rotatable bonds is 5. The first kappa shape index (κ1) is 22.1. The fraction of sp³-hybridized carbons (Fsp3) is 0.160. The summed E-state index contributed by atoms with van der Waals surface area (Å²) >= 11 is 1.58. The van der Waals surface area contributed by atoms with Crippen molar-refractivity contribution >= 4 is 21.6 Å². The number of hydrogen-bond donors (Lipinski definition) is 0. The van der Waals surface area contributed by atoms with Crippen molar-refractivity contribution in [2.24, 2.45) is 7.05 Å². The van der Waals surface area contributed by atoms with E-state index in [2.05, 4.69) is 15.3 Å². The van der Waals surface area contributed by atoms with Gasteiger partial charge in [0.05, 0.1) is 22.9 Å². The number of ether oxygens (including phenoxy) is 1. The Hall–Kier alpha value is -3.72. The molecule has 0 aliphatic carbocycles. The zero-order valence-electron chi connectivity index (χ0n) is 18.3. The van der Waals surface area contributed by atoms with Crippen molar-refractivity contribution in [2.45, 2.75) is 12.6 Å². The van der Waals surface area contributed by atoms with Gasteiger partial charge in [-0.25, -0.2) is 15.0 Å². The van der Waals surface area contributed by atoms with E-state index >= 15 is 0 Å². The molecule has 172 valence electrons. The number of hydrogen-bond acceptors (Lipinski definition) is 5. The average molecular weight is 481 g/mol. The second kappa shape index (κ2) is 8.57. The Morgan fingerprint density at radius 1 is 1.03 bits per heavy atom. The number of fused-ring (bicyclic) bond motifs is 1. The Labute approximate surface area is 197 Å². The zero-order chi connectivity index (χ0) is 23.9. The van der Waals surface area contributed by atoms with Crippen LogP contribution in [-0.2, 0) is 19.6 Å². The summed E-state index contributed by atoms with van der Waals surface area (Å²) in [6.45, 7) is 0. The van der Waals surface area contributed by atoms with E-state index in [1.54, 1.807) is 37.6 Å². The van der Waals surface area contributed by atoms with Crippen LogP contribution in [-0.4, -0.2) is 26.6 Å². The maximum absolute atomic E-state index is 13.0. The van der Waals surface area contributed by atoms with E-state index in [4.69, 9.17) is 9.72 Å². The predicted molar refractivity (Wildman–Crippen MR) is 126 cm³/mol. The quantitative estimate of drug-likeness (QED) is 0.293. The van der Waals surface area contributed by atoms with Gasteiger partial charge in [0.1, 0.15) is 11.6 Å². The number of alkyl halides is 3. The van der Waals surface area contributed by atoms with E-state index in [1.165, 1.54) is 4.57 Å². The van der Waals surface area contributed by atoms with Crippen LogP contribution in [0.2, 0.25) is 0 Å². The van der Waals surface area contributed by atoms with Crippen molar-refractivity contribution in [3.63, 3.8) is 0 Å². The summed E-state index contributed by atoms with van der Waals surface area (Å²) in [7, 11) is 3.17. The van der Waals surface area contributed by atoms with E-state index in [0.717, 1.165) is 33.1 Å². The van der Waals surface area contributed by atoms with Crippen LogP contribution >= 0.6 is 11.3 Å². The Morgan fingerprint density at radius 3 is 2.50 bits per heavy atom. The van der Waals surface area contributed by atoms with Crippen LogP contribution in [0.25, 0.3) is 33.0 Å². The van der Waals surface area contributed by atoms with Crippen LogP contribution in [0.5, 0.6) is 5.75 Å². The Balaban J connectivity index is 1.43. The minimum Gasteiger partial charge on any atom is -0.496 e. The summed E-state index contributed by atoms with van der Waals surface area (Å²) in [6, 6.07) is 15.0. The summed E-state index contributed by atoms with van der Waals surface area (Å²) in [6.07, 6.45) is -1.02. The fourth-order valence-electron chi connectivity index (χ4n) is 3.82. The number of imidazole rings is 1. The van der Waals surface area contributed by atoms with Gasteiger partial charge in [0, 0.05) is 31.4 Å². The number of benzene rings is 2. The number of halogens is 3. The molecule has 0 aliphatic heterocycles. The summed E-state index contributed by atoms with van der Waals surface area (Å²) in [5.74, 6) is 1.57. The smallest absolute Gasteiger partial charge is 0.434 e. The van der Waals surface area contributed by atoms with Gasteiger partial charge < -0.3 is 9.30 Å². The van der Waals surface area contributed by atoms with E-state index in [-0.39, 0.29) is 5.82 Å². The van der Waals surface area contributed by atoms with Gasteiger partial charge >= 0.3 is 6.18 Å². The van der Waals surface area contributed by atoms with E-state index in [0.29, 0.717) is 23.6 Å². The second-order valence-corrected chi connectivity index (χ2v) is 8.71. The maximum Gasteiger partial charge on any atom is 0.434 e. The Bertz CT molecular complexity index is 1470. The molecule has 3 aromatic heterocycles. The third-order valence-corrected chi connectivity index (χ3v) is 6.46. The molecule has 0 N–H and O–H groups in total. The molecule has 0 amide bonds. The van der Waals surface area contributed by atoms with Gasteiger partial charge in [-0.3, -0.25) is 0 Å². The largest absolute Gasteiger partial charge is 0.496 e. The molecule has 9 heteroatoms. The molecule has 0 saturated heterocycles. The topological polar surface area (TPSA) is 52.8 Å². The van der Waals surface area contributed by atoms with Crippen LogP contribution in [0.3, 0.4) is 0 Å². The lowest BCUT2D eigenvalue weighted by Crippen LogP contribution is -2.04. The highest BCUT2D eigenvalue weighted by atomic mass is 32.1. The van der Waals surface area contributed by atoms with Gasteiger partial charge in [-0.1, -0.05) is 36.4 Å². The van der Waals surface area contributed by atoms with Gasteiger partial charge in [-0.05, 0) is 28.6 Å². The van der Waals surface area contributed by atoms with E-state index < -0.39 is 11.9 Å². The molecule has 0 spiro atoms. The summed E-state index contributed by atoms with van der Waals surface area (Å²) < 4.78 is 46.8. The first-order chi connectivity index (χ1) is 16.3. The molecule has 5 nitrogen and oxygen atoms in total. The van der Waals surface area contributed by atoms with Crippen LogP contribution in [0.15, 0.2) is 66.3 Å². The average Bonchev–Trinajstić information content (AvgIpc) is 3.43. The van der Waals surface area contributed by atoms with Crippen molar-refractivity contribution in [3.8, 4) is 28.5 Å². The summed E-state index contributed by atoms with van der Waals surface area (Å²) in [5, 5.41) is 2.06. The highest BCUT2D eigenvalue weighted by molar-refractivity contribution is 7.17. The van der Waals surface area contributed by atoms with E-state index in [1.807, 2.05) is 42.6 Å². The molecule has 0 fully saturated rings. The molecule has 3 heterocycles. The van der Waals surface area contributed by atoms with Crippen molar-refractivity contribution in [1.29, 1.82) is 0 Å². The van der Waals surface area contributed by atoms with Crippen LogP contribution < -0.4 is 4.74 Å². The lowest BCUT2D eigenvalue weighted by Gasteiger charge is -2.07. The summed E-state index contributed by atoms with van der Waals surface area (Å²) in [4.78, 5) is 13.1. The molecule has 0 aliphatic rings. The molecule has 0 radical (unpaired) electrons. The third kappa shape index (κ3) is 4.14. The van der Waals surface area contributed by atoms with Crippen molar-refractivity contribution < 1.29 is 17.9 Å². The highest BCUT2D eigenvalue weighted by Crippen LogP contribution is 2.33. The molecule has 0 atom stereocenters. The second-order valence-electron chi connectivity index (χ2n) is 7.80. The maximum atomic E-state index is 13.0. The lowest BCUT2D eigenvalue weighted by molar-refractivity contribution is -0.140. The number of aryl methyl sites for hydroxylation is 1. The van der Waals surface area contributed by atoms with Gasteiger partial charge in [-0.15, -0.1) is 11.3 Å². The number of methoxy groups -OCH3 is 1. The highest BCUT2D eigenvalue weighted by Gasteiger charge is 2.34. The lowest BCUT2D eigenvalue weighted by atomic mass is 10.0. The number of aromatic nitrogens is 4. The third-order valence-electron chi connectivity index (χ3n) is 5.51.